The van der Waals surface area contributed by atoms with Gasteiger partial charge in [-0.05, 0) is 26.0 Å². The average Bonchev–Trinajstić information content (AvgIpc) is 2.05. The quantitative estimate of drug-likeness (QED) is 0.602. The van der Waals surface area contributed by atoms with Gasteiger partial charge in [-0.1, -0.05) is 12.8 Å². The van der Waals surface area contributed by atoms with Crippen molar-refractivity contribution in [3.8, 4) is 6.07 Å². The summed E-state index contributed by atoms with van der Waals surface area (Å²) < 4.78 is 0. The predicted molar refractivity (Wildman–Crippen MR) is 49.5 cm³/mol. The van der Waals surface area contributed by atoms with E-state index in [4.69, 9.17) is 5.26 Å². The number of thioether (sulfide) groups is 1. The maximum Gasteiger partial charge on any atom is 0.0698 e. The van der Waals surface area contributed by atoms with E-state index in [0.29, 0.717) is 5.25 Å². The molecular weight excluding hydrogens is 154 g/mol. The van der Waals surface area contributed by atoms with Crippen LogP contribution in [0.2, 0.25) is 0 Å². The van der Waals surface area contributed by atoms with E-state index < -0.39 is 0 Å². The third-order valence-corrected chi connectivity index (χ3v) is 3.99. The lowest BCUT2D eigenvalue weighted by Crippen LogP contribution is -2.31. The van der Waals surface area contributed by atoms with E-state index in [1.807, 2.05) is 11.8 Å². The highest BCUT2D eigenvalue weighted by Crippen LogP contribution is 2.41. The van der Waals surface area contributed by atoms with Crippen LogP contribution in [0.3, 0.4) is 0 Å². The van der Waals surface area contributed by atoms with Crippen molar-refractivity contribution < 1.29 is 0 Å². The molecule has 0 saturated heterocycles. The fraction of sp³-hybridized carbons (Fsp3) is 0.889. The Hall–Kier alpha value is -0.160. The molecule has 0 aromatic rings. The Balaban J connectivity index is 2.67. The van der Waals surface area contributed by atoms with Gasteiger partial charge in [0.05, 0.1) is 11.5 Å². The molecule has 0 aromatic heterocycles. The van der Waals surface area contributed by atoms with Crippen LogP contribution >= 0.6 is 11.8 Å². The van der Waals surface area contributed by atoms with Gasteiger partial charge in [-0.2, -0.15) is 17.0 Å². The summed E-state index contributed by atoms with van der Waals surface area (Å²) in [5, 5.41) is 9.56. The SMILES string of the molecule is CSC1CCCCC1(C)C#N. The van der Waals surface area contributed by atoms with Crippen LogP contribution in [0, 0.1) is 16.7 Å². The number of hydrogen-bond donors (Lipinski definition) is 0. The first-order valence-corrected chi connectivity index (χ1v) is 5.46. The number of hydrogen-bond acceptors (Lipinski definition) is 2. The third-order valence-electron chi connectivity index (χ3n) is 2.66. The molecule has 2 heteroatoms. The molecule has 1 rings (SSSR count). The molecule has 1 saturated carbocycles. The van der Waals surface area contributed by atoms with Crippen LogP contribution in [-0.2, 0) is 0 Å². The highest BCUT2D eigenvalue weighted by atomic mass is 32.2. The van der Waals surface area contributed by atoms with E-state index >= 15 is 0 Å². The smallest absolute Gasteiger partial charge is 0.0698 e. The van der Waals surface area contributed by atoms with E-state index in [1.165, 1.54) is 19.3 Å². The van der Waals surface area contributed by atoms with Crippen LogP contribution < -0.4 is 0 Å². The van der Waals surface area contributed by atoms with Gasteiger partial charge in [0.15, 0.2) is 0 Å². The zero-order valence-corrected chi connectivity index (χ0v) is 8.08. The zero-order chi connectivity index (χ0) is 8.32. The van der Waals surface area contributed by atoms with Crippen molar-refractivity contribution >= 4 is 11.8 Å². The molecule has 0 heterocycles. The standard InChI is InChI=1S/C9H15NS/c1-9(7-10)6-4-3-5-8(9)11-2/h8H,3-6H2,1-2H3. The zero-order valence-electron chi connectivity index (χ0n) is 7.26. The van der Waals surface area contributed by atoms with E-state index in [9.17, 15) is 0 Å². The molecule has 0 amide bonds. The second-order valence-corrected chi connectivity index (χ2v) is 4.54. The fourth-order valence-corrected chi connectivity index (χ4v) is 2.90. The van der Waals surface area contributed by atoms with Gasteiger partial charge in [0.25, 0.3) is 0 Å². The molecule has 0 N–H and O–H groups in total. The molecule has 0 radical (unpaired) electrons. The molecule has 1 nitrogen and oxygen atoms in total. The lowest BCUT2D eigenvalue weighted by atomic mass is 9.76. The first-order valence-electron chi connectivity index (χ1n) is 4.17. The molecule has 11 heavy (non-hydrogen) atoms. The summed E-state index contributed by atoms with van der Waals surface area (Å²) in [6.07, 6.45) is 6.98. The Morgan fingerprint density at radius 2 is 2.27 bits per heavy atom. The second kappa shape index (κ2) is 3.49. The molecule has 1 aliphatic rings. The van der Waals surface area contributed by atoms with Gasteiger partial charge in [-0.25, -0.2) is 0 Å². The van der Waals surface area contributed by atoms with Crippen molar-refractivity contribution in [2.45, 2.75) is 37.9 Å². The van der Waals surface area contributed by atoms with Gasteiger partial charge in [-0.3, -0.25) is 0 Å². The minimum absolute atomic E-state index is 0.0440. The summed E-state index contributed by atoms with van der Waals surface area (Å²) in [4.78, 5) is 0. The highest BCUT2D eigenvalue weighted by molar-refractivity contribution is 7.99. The summed E-state index contributed by atoms with van der Waals surface area (Å²) in [5.74, 6) is 0. The fourth-order valence-electron chi connectivity index (χ4n) is 1.81. The third kappa shape index (κ3) is 1.70. The molecule has 62 valence electrons. The lowest BCUT2D eigenvalue weighted by Gasteiger charge is -2.34. The Kier molecular flexibility index (Phi) is 2.84. The number of nitriles is 1. The Morgan fingerprint density at radius 3 is 2.73 bits per heavy atom. The molecule has 2 atom stereocenters. The number of nitrogens with zero attached hydrogens (tertiary/aromatic N) is 1. The summed E-state index contributed by atoms with van der Waals surface area (Å²) in [6, 6.07) is 2.46. The van der Waals surface area contributed by atoms with Gasteiger partial charge in [0.1, 0.15) is 0 Å². The monoisotopic (exact) mass is 169 g/mol. The van der Waals surface area contributed by atoms with E-state index in [-0.39, 0.29) is 5.41 Å². The minimum Gasteiger partial charge on any atom is -0.198 e. The van der Waals surface area contributed by atoms with Crippen LogP contribution in [0.5, 0.6) is 0 Å². The van der Waals surface area contributed by atoms with Crippen molar-refractivity contribution in [2.24, 2.45) is 5.41 Å². The molecule has 0 bridgehead atoms. The van der Waals surface area contributed by atoms with Crippen molar-refractivity contribution in [1.29, 1.82) is 5.26 Å². The van der Waals surface area contributed by atoms with Crippen LogP contribution in [0.15, 0.2) is 0 Å². The van der Waals surface area contributed by atoms with Crippen LogP contribution in [0.25, 0.3) is 0 Å². The van der Waals surface area contributed by atoms with Crippen molar-refractivity contribution in [1.82, 2.24) is 0 Å². The minimum atomic E-state index is -0.0440. The largest absolute Gasteiger partial charge is 0.198 e. The first kappa shape index (κ1) is 8.93. The summed E-state index contributed by atoms with van der Waals surface area (Å²) in [5.41, 5.74) is -0.0440. The molecule has 0 spiro atoms. The average molecular weight is 169 g/mol. The normalized spacial score (nSPS) is 38.1. The van der Waals surface area contributed by atoms with Gasteiger partial charge in [0.2, 0.25) is 0 Å². The van der Waals surface area contributed by atoms with E-state index in [1.54, 1.807) is 0 Å². The summed E-state index contributed by atoms with van der Waals surface area (Å²) in [6.45, 7) is 2.10. The molecule has 1 fully saturated rings. The maximum atomic E-state index is 8.99. The lowest BCUT2D eigenvalue weighted by molar-refractivity contribution is 0.308. The van der Waals surface area contributed by atoms with Gasteiger partial charge >= 0.3 is 0 Å². The molecule has 0 aromatic carbocycles. The molecular formula is C9H15NS. The second-order valence-electron chi connectivity index (χ2n) is 3.50. The Bertz CT molecular complexity index is 173. The molecule has 0 aliphatic heterocycles. The highest BCUT2D eigenvalue weighted by Gasteiger charge is 2.35. The van der Waals surface area contributed by atoms with Gasteiger partial charge in [-0.15, -0.1) is 0 Å². The van der Waals surface area contributed by atoms with Gasteiger partial charge < -0.3 is 0 Å². The predicted octanol–water partition coefficient (Wildman–Crippen LogP) is 2.82. The Labute approximate surface area is 73.2 Å². The Morgan fingerprint density at radius 1 is 1.55 bits per heavy atom. The topological polar surface area (TPSA) is 23.8 Å². The van der Waals surface area contributed by atoms with Gasteiger partial charge in [0, 0.05) is 5.25 Å². The summed E-state index contributed by atoms with van der Waals surface area (Å²) in [7, 11) is 0. The number of rotatable bonds is 1. The van der Waals surface area contributed by atoms with Crippen LogP contribution in [-0.4, -0.2) is 11.5 Å². The van der Waals surface area contributed by atoms with E-state index in [0.717, 1.165) is 6.42 Å². The summed E-state index contributed by atoms with van der Waals surface area (Å²) >= 11 is 1.85. The van der Waals surface area contributed by atoms with Crippen molar-refractivity contribution in [3.05, 3.63) is 0 Å². The van der Waals surface area contributed by atoms with E-state index in [2.05, 4.69) is 19.2 Å². The van der Waals surface area contributed by atoms with Crippen LogP contribution in [0.4, 0.5) is 0 Å². The maximum absolute atomic E-state index is 8.99. The first-order chi connectivity index (χ1) is 5.23. The molecule has 1 aliphatic carbocycles. The van der Waals surface area contributed by atoms with Crippen LogP contribution in [0.1, 0.15) is 32.6 Å². The van der Waals surface area contributed by atoms with Crippen molar-refractivity contribution in [2.75, 3.05) is 6.26 Å². The molecule has 2 unspecified atom stereocenters. The van der Waals surface area contributed by atoms with Crippen molar-refractivity contribution in [3.63, 3.8) is 0 Å².